The normalized spacial score (nSPS) is 11.8. The largest absolute Gasteiger partial charge is 0.381 e. The fraction of sp³-hybridized carbons (Fsp3) is 0.250. The maximum atomic E-state index is 13.5. The van der Waals surface area contributed by atoms with E-state index < -0.39 is 15.8 Å². The highest BCUT2D eigenvalue weighted by Gasteiger charge is 2.24. The van der Waals surface area contributed by atoms with E-state index in [1.165, 1.54) is 22.9 Å². The molecule has 0 bridgehead atoms. The zero-order valence-electron chi connectivity index (χ0n) is 11.1. The summed E-state index contributed by atoms with van der Waals surface area (Å²) in [6.45, 7) is 1.45. The Morgan fingerprint density at radius 3 is 2.60 bits per heavy atom. The minimum Gasteiger partial charge on any atom is -0.381 e. The highest BCUT2D eigenvalue weighted by atomic mass is 32.2. The lowest BCUT2D eigenvalue weighted by atomic mass is 10.2. The Hall–Kier alpha value is -1.93. The fourth-order valence-corrected chi connectivity index (χ4v) is 3.16. The van der Waals surface area contributed by atoms with Gasteiger partial charge in [0, 0.05) is 19.2 Å². The first-order valence-corrected chi connectivity index (χ1v) is 7.33. The van der Waals surface area contributed by atoms with Crippen molar-refractivity contribution in [1.29, 1.82) is 0 Å². The van der Waals surface area contributed by atoms with Crippen molar-refractivity contribution < 1.29 is 12.8 Å². The molecule has 2 aromatic rings. The summed E-state index contributed by atoms with van der Waals surface area (Å²) in [5, 5.41) is 3.85. The number of hydrogen-bond acceptors (Lipinski definition) is 4. The second-order valence-electron chi connectivity index (χ2n) is 4.34. The molecule has 0 unspecified atom stereocenters. The summed E-state index contributed by atoms with van der Waals surface area (Å²) in [7, 11) is -2.24. The lowest BCUT2D eigenvalue weighted by Gasteiger charge is -2.07. The Morgan fingerprint density at radius 1 is 1.40 bits per heavy atom. The van der Waals surface area contributed by atoms with Crippen molar-refractivity contribution in [2.45, 2.75) is 18.4 Å². The highest BCUT2D eigenvalue weighted by molar-refractivity contribution is 7.89. The lowest BCUT2D eigenvalue weighted by molar-refractivity contribution is 0.573. The first kappa shape index (κ1) is 14.5. The summed E-state index contributed by atoms with van der Waals surface area (Å²) in [6.07, 6.45) is 0. The number of rotatable bonds is 4. The number of nitrogens with zero attached hydrogens (tertiary/aromatic N) is 2. The molecule has 20 heavy (non-hydrogen) atoms. The molecule has 0 amide bonds. The second-order valence-corrected chi connectivity index (χ2v) is 6.04. The first-order valence-electron chi connectivity index (χ1n) is 5.85. The van der Waals surface area contributed by atoms with Crippen LogP contribution in [0.15, 0.2) is 29.2 Å². The Balaban J connectivity index is 2.27. The first-order chi connectivity index (χ1) is 9.33. The number of benzene rings is 1. The number of halogens is 1. The molecule has 0 atom stereocenters. The van der Waals surface area contributed by atoms with Gasteiger partial charge in [-0.25, -0.2) is 17.5 Å². The quantitative estimate of drug-likeness (QED) is 0.878. The molecule has 0 saturated heterocycles. The molecule has 1 aromatic heterocycles. The van der Waals surface area contributed by atoms with E-state index in [1.807, 2.05) is 0 Å². The van der Waals surface area contributed by atoms with Crippen LogP contribution in [0.1, 0.15) is 11.3 Å². The van der Waals surface area contributed by atoms with Crippen LogP contribution in [-0.2, 0) is 23.6 Å². The molecule has 6 nitrogen and oxygen atoms in total. The van der Waals surface area contributed by atoms with Crippen molar-refractivity contribution in [3.63, 3.8) is 0 Å². The Bertz CT molecular complexity index is 740. The third-order valence-corrected chi connectivity index (χ3v) is 4.55. The van der Waals surface area contributed by atoms with Gasteiger partial charge in [-0.15, -0.1) is 0 Å². The summed E-state index contributed by atoms with van der Waals surface area (Å²) in [4.78, 5) is -0.0728. The van der Waals surface area contributed by atoms with Crippen LogP contribution >= 0.6 is 0 Å². The number of aromatic nitrogens is 2. The van der Waals surface area contributed by atoms with Gasteiger partial charge in [-0.2, -0.15) is 5.10 Å². The monoisotopic (exact) mass is 298 g/mol. The zero-order chi connectivity index (χ0) is 14.9. The van der Waals surface area contributed by atoms with Gasteiger partial charge in [0.25, 0.3) is 0 Å². The Labute approximate surface area is 116 Å². The van der Waals surface area contributed by atoms with Crippen molar-refractivity contribution in [2.75, 3.05) is 5.73 Å². The summed E-state index contributed by atoms with van der Waals surface area (Å²) >= 11 is 0. The number of nitrogens with one attached hydrogen (secondary N) is 1. The van der Waals surface area contributed by atoms with Gasteiger partial charge in [0.2, 0.25) is 10.0 Å². The van der Waals surface area contributed by atoms with Gasteiger partial charge < -0.3 is 5.73 Å². The smallest absolute Gasteiger partial charge is 0.246 e. The molecular weight excluding hydrogens is 283 g/mol. The third-order valence-electron chi connectivity index (χ3n) is 2.98. The number of nitrogen functional groups attached to an aromatic ring is 1. The van der Waals surface area contributed by atoms with E-state index in [4.69, 9.17) is 5.73 Å². The van der Waals surface area contributed by atoms with E-state index in [2.05, 4.69) is 9.82 Å². The van der Waals surface area contributed by atoms with E-state index in [1.54, 1.807) is 20.0 Å². The Kier molecular flexibility index (Phi) is 3.78. The molecule has 108 valence electrons. The van der Waals surface area contributed by atoms with Crippen LogP contribution < -0.4 is 10.5 Å². The van der Waals surface area contributed by atoms with E-state index in [0.717, 1.165) is 0 Å². The van der Waals surface area contributed by atoms with E-state index >= 15 is 0 Å². The van der Waals surface area contributed by atoms with Crippen LogP contribution in [0, 0.1) is 12.7 Å². The third kappa shape index (κ3) is 2.66. The van der Waals surface area contributed by atoms with E-state index in [-0.39, 0.29) is 22.8 Å². The molecule has 1 heterocycles. The molecule has 3 N–H and O–H groups in total. The standard InChI is InChI=1S/C12H15FN4O2S/c1-8-11(12(14)16-17(8)2)20(18,19)15-7-9-5-3-4-6-10(9)13/h3-6,15H,7H2,1-2H3,(H2,14,16). The number of anilines is 1. The lowest BCUT2D eigenvalue weighted by Crippen LogP contribution is -2.25. The average molecular weight is 298 g/mol. The number of hydrogen-bond donors (Lipinski definition) is 2. The molecule has 0 fully saturated rings. The molecule has 0 spiro atoms. The van der Waals surface area contributed by atoms with Gasteiger partial charge in [-0.05, 0) is 13.0 Å². The summed E-state index contributed by atoms with van der Waals surface area (Å²) in [6, 6.07) is 5.96. The number of aryl methyl sites for hydroxylation is 1. The van der Waals surface area contributed by atoms with Gasteiger partial charge in [0.05, 0.1) is 5.69 Å². The fourth-order valence-electron chi connectivity index (χ4n) is 1.83. The molecular formula is C12H15FN4O2S. The predicted octanol–water partition coefficient (Wildman–Crippen LogP) is 0.928. The van der Waals surface area contributed by atoms with E-state index in [0.29, 0.717) is 5.69 Å². The molecule has 1 aromatic carbocycles. The van der Waals surface area contributed by atoms with Crippen molar-refractivity contribution in [2.24, 2.45) is 7.05 Å². The maximum Gasteiger partial charge on any atom is 0.246 e. The van der Waals surface area contributed by atoms with Crippen LogP contribution in [0.25, 0.3) is 0 Å². The van der Waals surface area contributed by atoms with Crippen molar-refractivity contribution >= 4 is 15.8 Å². The molecule has 2 rings (SSSR count). The predicted molar refractivity (Wildman–Crippen MR) is 72.8 cm³/mol. The maximum absolute atomic E-state index is 13.5. The van der Waals surface area contributed by atoms with Crippen molar-refractivity contribution in [1.82, 2.24) is 14.5 Å². The van der Waals surface area contributed by atoms with Gasteiger partial charge >= 0.3 is 0 Å². The minimum absolute atomic E-state index is 0.0728. The van der Waals surface area contributed by atoms with Crippen LogP contribution in [0.4, 0.5) is 10.2 Å². The van der Waals surface area contributed by atoms with Crippen LogP contribution in [0.2, 0.25) is 0 Å². The van der Waals surface area contributed by atoms with Crippen molar-refractivity contribution in [3.8, 4) is 0 Å². The minimum atomic E-state index is -3.84. The Morgan fingerprint density at radius 2 is 2.05 bits per heavy atom. The number of nitrogens with two attached hydrogens (primary N) is 1. The van der Waals surface area contributed by atoms with E-state index in [9.17, 15) is 12.8 Å². The summed E-state index contributed by atoms with van der Waals surface area (Å²) < 4.78 is 41.6. The van der Waals surface area contributed by atoms with Crippen LogP contribution in [0.3, 0.4) is 0 Å². The molecule has 0 saturated carbocycles. The number of sulfonamides is 1. The highest BCUT2D eigenvalue weighted by Crippen LogP contribution is 2.21. The van der Waals surface area contributed by atoms with Crippen LogP contribution in [0.5, 0.6) is 0 Å². The van der Waals surface area contributed by atoms with Gasteiger partial charge in [-0.1, -0.05) is 18.2 Å². The molecule has 0 aliphatic rings. The SMILES string of the molecule is Cc1c(S(=O)(=O)NCc2ccccc2F)c(N)nn1C. The molecule has 0 radical (unpaired) electrons. The van der Waals surface area contributed by atoms with Gasteiger partial charge in [0.15, 0.2) is 5.82 Å². The average Bonchev–Trinajstić information content (AvgIpc) is 2.62. The molecule has 8 heteroatoms. The molecule has 0 aliphatic carbocycles. The topological polar surface area (TPSA) is 90.0 Å². The molecule has 0 aliphatic heterocycles. The van der Waals surface area contributed by atoms with Gasteiger partial charge in [0.1, 0.15) is 10.7 Å². The zero-order valence-corrected chi connectivity index (χ0v) is 11.9. The summed E-state index contributed by atoms with van der Waals surface area (Å²) in [5.74, 6) is -0.544. The second kappa shape index (κ2) is 5.22. The van der Waals surface area contributed by atoms with Crippen LogP contribution in [-0.4, -0.2) is 18.2 Å². The van der Waals surface area contributed by atoms with Gasteiger partial charge in [-0.3, -0.25) is 4.68 Å². The van der Waals surface area contributed by atoms with Crippen molar-refractivity contribution in [3.05, 3.63) is 41.3 Å². The summed E-state index contributed by atoms with van der Waals surface area (Å²) in [5.41, 5.74) is 6.28.